The minimum atomic E-state index is 0.662. The van der Waals surface area contributed by atoms with Gasteiger partial charge in [0.05, 0.1) is 6.54 Å². The molecule has 0 spiro atoms. The van der Waals surface area contributed by atoms with Crippen LogP contribution in [-0.2, 0) is 6.54 Å². The summed E-state index contributed by atoms with van der Waals surface area (Å²) in [5, 5.41) is 4.11. The van der Waals surface area contributed by atoms with E-state index in [1.54, 1.807) is 0 Å². The average Bonchev–Trinajstić information content (AvgIpc) is 3.14. The molecule has 0 bridgehead atoms. The molecule has 1 aliphatic rings. The summed E-state index contributed by atoms with van der Waals surface area (Å²) in [6, 6.07) is 16.5. The molecule has 1 saturated heterocycles. The van der Waals surface area contributed by atoms with Crippen LogP contribution in [-0.4, -0.2) is 41.2 Å². The Morgan fingerprint density at radius 3 is 2.46 bits per heavy atom. The first kappa shape index (κ1) is 16.8. The second kappa shape index (κ2) is 7.30. The van der Waals surface area contributed by atoms with Crippen molar-refractivity contribution in [3.05, 3.63) is 65.5 Å². The molecule has 0 unspecified atom stereocenters. The third-order valence-corrected chi connectivity index (χ3v) is 5.15. The van der Waals surface area contributed by atoms with E-state index in [9.17, 15) is 0 Å². The van der Waals surface area contributed by atoms with Crippen molar-refractivity contribution in [2.75, 3.05) is 31.1 Å². The van der Waals surface area contributed by atoms with Crippen molar-refractivity contribution in [1.82, 2.24) is 15.0 Å². The number of anilines is 1. The Balaban J connectivity index is 1.37. The molecule has 0 atom stereocenters. The number of aromatic nitrogens is 2. The molecule has 0 aliphatic carbocycles. The lowest BCUT2D eigenvalue weighted by Gasteiger charge is -2.36. The van der Waals surface area contributed by atoms with E-state index in [4.69, 9.17) is 4.52 Å². The Labute approximate surface area is 154 Å². The molecule has 0 N–H and O–H groups in total. The van der Waals surface area contributed by atoms with E-state index >= 15 is 0 Å². The predicted molar refractivity (Wildman–Crippen MR) is 103 cm³/mol. The molecule has 0 saturated carbocycles. The van der Waals surface area contributed by atoms with Crippen molar-refractivity contribution in [2.45, 2.75) is 20.4 Å². The lowest BCUT2D eigenvalue weighted by Crippen LogP contribution is -2.46. The summed E-state index contributed by atoms with van der Waals surface area (Å²) in [6.07, 6.45) is 0. The Kier molecular flexibility index (Phi) is 4.71. The van der Waals surface area contributed by atoms with Crippen LogP contribution in [0.1, 0.15) is 17.0 Å². The van der Waals surface area contributed by atoms with E-state index in [1.165, 1.54) is 16.8 Å². The summed E-state index contributed by atoms with van der Waals surface area (Å²) in [6.45, 7) is 9.12. The van der Waals surface area contributed by atoms with E-state index < -0.39 is 0 Å². The van der Waals surface area contributed by atoms with E-state index in [0.29, 0.717) is 18.3 Å². The fourth-order valence-electron chi connectivity index (χ4n) is 3.44. The van der Waals surface area contributed by atoms with Crippen molar-refractivity contribution < 1.29 is 4.52 Å². The number of piperazine rings is 1. The van der Waals surface area contributed by atoms with E-state index in [2.05, 4.69) is 52.0 Å². The van der Waals surface area contributed by atoms with Gasteiger partial charge in [-0.25, -0.2) is 0 Å². The normalized spacial score (nSPS) is 15.4. The maximum Gasteiger partial charge on any atom is 0.241 e. The van der Waals surface area contributed by atoms with E-state index in [0.717, 1.165) is 31.7 Å². The molecule has 26 heavy (non-hydrogen) atoms. The zero-order valence-corrected chi connectivity index (χ0v) is 15.4. The maximum absolute atomic E-state index is 5.45. The Hall–Kier alpha value is -2.66. The molecule has 5 nitrogen and oxygen atoms in total. The van der Waals surface area contributed by atoms with Crippen LogP contribution < -0.4 is 4.90 Å². The fraction of sp³-hybridized carbons (Fsp3) is 0.333. The van der Waals surface area contributed by atoms with Crippen LogP contribution in [0.15, 0.2) is 53.1 Å². The van der Waals surface area contributed by atoms with Gasteiger partial charge in [0, 0.05) is 37.4 Å². The van der Waals surface area contributed by atoms with Gasteiger partial charge in [-0.2, -0.15) is 4.98 Å². The van der Waals surface area contributed by atoms with Crippen molar-refractivity contribution in [3.8, 4) is 11.4 Å². The van der Waals surface area contributed by atoms with Crippen LogP contribution in [0.2, 0.25) is 0 Å². The van der Waals surface area contributed by atoms with Crippen LogP contribution in [0.5, 0.6) is 0 Å². The Bertz CT molecular complexity index is 867. The minimum Gasteiger partial charge on any atom is -0.369 e. The lowest BCUT2D eigenvalue weighted by atomic mass is 10.1. The number of hydrogen-bond acceptors (Lipinski definition) is 5. The molecule has 0 radical (unpaired) electrons. The number of nitrogens with zero attached hydrogens (tertiary/aromatic N) is 4. The van der Waals surface area contributed by atoms with Crippen molar-refractivity contribution >= 4 is 5.69 Å². The SMILES string of the molecule is Cc1cccc(N2CCN(Cc3nc(-c4ccccc4)no3)CC2)c1C. The zero-order chi connectivity index (χ0) is 17.9. The molecule has 1 aromatic heterocycles. The monoisotopic (exact) mass is 348 g/mol. The first-order valence-corrected chi connectivity index (χ1v) is 9.12. The topological polar surface area (TPSA) is 45.4 Å². The number of rotatable bonds is 4. The summed E-state index contributed by atoms with van der Waals surface area (Å²) in [7, 11) is 0. The van der Waals surface area contributed by atoms with Gasteiger partial charge in [-0.15, -0.1) is 0 Å². The molecule has 134 valence electrons. The smallest absolute Gasteiger partial charge is 0.241 e. The standard InChI is InChI=1S/C21H24N4O/c1-16-7-6-10-19(17(16)2)25-13-11-24(12-14-25)15-20-22-21(23-26-20)18-8-4-3-5-9-18/h3-10H,11-15H2,1-2H3. The minimum absolute atomic E-state index is 0.662. The van der Waals surface area contributed by atoms with Gasteiger partial charge >= 0.3 is 0 Å². The van der Waals surface area contributed by atoms with Crippen molar-refractivity contribution in [1.29, 1.82) is 0 Å². The highest BCUT2D eigenvalue weighted by Gasteiger charge is 2.20. The maximum atomic E-state index is 5.45. The molecule has 1 fully saturated rings. The number of benzene rings is 2. The van der Waals surface area contributed by atoms with Crippen molar-refractivity contribution in [3.63, 3.8) is 0 Å². The lowest BCUT2D eigenvalue weighted by molar-refractivity contribution is 0.215. The Morgan fingerprint density at radius 2 is 1.69 bits per heavy atom. The second-order valence-corrected chi connectivity index (χ2v) is 6.86. The summed E-state index contributed by atoms with van der Waals surface area (Å²) in [4.78, 5) is 9.40. The van der Waals surface area contributed by atoms with Gasteiger partial charge in [0.25, 0.3) is 0 Å². The third-order valence-electron chi connectivity index (χ3n) is 5.15. The van der Waals surface area contributed by atoms with Gasteiger partial charge in [0.15, 0.2) is 0 Å². The zero-order valence-electron chi connectivity index (χ0n) is 15.4. The average molecular weight is 348 g/mol. The van der Waals surface area contributed by atoms with Crippen molar-refractivity contribution in [2.24, 2.45) is 0 Å². The summed E-state index contributed by atoms with van der Waals surface area (Å²) in [5.41, 5.74) is 5.07. The summed E-state index contributed by atoms with van der Waals surface area (Å²) >= 11 is 0. The van der Waals surface area contributed by atoms with Crippen LogP contribution in [0.4, 0.5) is 5.69 Å². The van der Waals surface area contributed by atoms with Gasteiger partial charge in [-0.1, -0.05) is 47.6 Å². The molecule has 0 amide bonds. The van der Waals surface area contributed by atoms with Gasteiger partial charge in [0.2, 0.25) is 11.7 Å². The van der Waals surface area contributed by atoms with Gasteiger partial charge in [-0.05, 0) is 31.0 Å². The van der Waals surface area contributed by atoms with E-state index in [-0.39, 0.29) is 0 Å². The molecule has 4 rings (SSSR count). The number of hydrogen-bond donors (Lipinski definition) is 0. The van der Waals surface area contributed by atoms with Crippen LogP contribution in [0.3, 0.4) is 0 Å². The summed E-state index contributed by atoms with van der Waals surface area (Å²) in [5.74, 6) is 1.35. The third kappa shape index (κ3) is 3.48. The van der Waals surface area contributed by atoms with Gasteiger partial charge in [-0.3, -0.25) is 4.90 Å². The molecule has 2 aromatic carbocycles. The highest BCUT2D eigenvalue weighted by molar-refractivity contribution is 5.56. The van der Waals surface area contributed by atoms with E-state index in [1.807, 2.05) is 30.3 Å². The second-order valence-electron chi connectivity index (χ2n) is 6.86. The largest absolute Gasteiger partial charge is 0.369 e. The first-order valence-electron chi connectivity index (χ1n) is 9.12. The molecule has 3 aromatic rings. The molecule has 5 heteroatoms. The highest BCUT2D eigenvalue weighted by atomic mass is 16.5. The van der Waals surface area contributed by atoms with Crippen LogP contribution in [0, 0.1) is 13.8 Å². The van der Waals surface area contributed by atoms with Gasteiger partial charge < -0.3 is 9.42 Å². The Morgan fingerprint density at radius 1 is 0.923 bits per heavy atom. The fourth-order valence-corrected chi connectivity index (χ4v) is 3.44. The highest BCUT2D eigenvalue weighted by Crippen LogP contribution is 2.24. The molecular weight excluding hydrogens is 324 g/mol. The quantitative estimate of drug-likeness (QED) is 0.720. The molecule has 1 aliphatic heterocycles. The van der Waals surface area contributed by atoms with Crippen LogP contribution in [0.25, 0.3) is 11.4 Å². The number of aryl methyl sites for hydroxylation is 1. The summed E-state index contributed by atoms with van der Waals surface area (Å²) < 4.78 is 5.45. The predicted octanol–water partition coefficient (Wildman–Crippen LogP) is 3.68. The van der Waals surface area contributed by atoms with Gasteiger partial charge in [0.1, 0.15) is 0 Å². The van der Waals surface area contributed by atoms with Crippen LogP contribution >= 0.6 is 0 Å². The first-order chi connectivity index (χ1) is 12.7. The molecule has 2 heterocycles. The molecular formula is C21H24N4O.